The zero-order valence-electron chi connectivity index (χ0n) is 9.24. The third-order valence-corrected chi connectivity index (χ3v) is 2.90. The zero-order chi connectivity index (χ0) is 11.7. The van der Waals surface area contributed by atoms with Crippen LogP contribution in [-0.2, 0) is 4.74 Å². The van der Waals surface area contributed by atoms with E-state index in [2.05, 4.69) is 10.2 Å². The molecule has 6 heteroatoms. The predicted octanol–water partition coefficient (Wildman–Crippen LogP) is 1.04. The number of halogens is 1. The first-order chi connectivity index (χ1) is 7.58. The molecule has 0 aliphatic carbocycles. The highest BCUT2D eigenvalue weighted by atomic mass is 35.5. The summed E-state index contributed by atoms with van der Waals surface area (Å²) in [6.07, 6.45) is 1.83. The summed E-state index contributed by atoms with van der Waals surface area (Å²) in [5.74, 6) is 0. The van der Waals surface area contributed by atoms with Gasteiger partial charge in [0.2, 0.25) is 0 Å². The fraction of sp³-hybridized carbons (Fsp3) is 0.600. The van der Waals surface area contributed by atoms with E-state index in [4.69, 9.17) is 16.3 Å². The molecule has 5 nitrogen and oxygen atoms in total. The fourth-order valence-corrected chi connectivity index (χ4v) is 2.18. The van der Waals surface area contributed by atoms with Gasteiger partial charge in [0.1, 0.15) is 5.02 Å². The minimum Gasteiger partial charge on any atom is -0.372 e. The summed E-state index contributed by atoms with van der Waals surface area (Å²) in [6.45, 7) is 5.43. The molecule has 1 aliphatic heterocycles. The second-order valence-electron chi connectivity index (χ2n) is 4.06. The third-order valence-electron chi connectivity index (χ3n) is 2.54. The molecule has 0 bridgehead atoms. The van der Waals surface area contributed by atoms with Crippen LogP contribution in [0.3, 0.4) is 0 Å². The number of rotatable bonds is 1. The molecule has 88 valence electrons. The second kappa shape index (κ2) is 4.43. The van der Waals surface area contributed by atoms with Crippen LogP contribution < -0.4 is 10.5 Å². The molecule has 2 unspecified atom stereocenters. The maximum absolute atomic E-state index is 11.3. The average molecular weight is 244 g/mol. The Morgan fingerprint density at radius 3 is 2.75 bits per heavy atom. The van der Waals surface area contributed by atoms with Crippen molar-refractivity contribution in [2.24, 2.45) is 0 Å². The molecule has 16 heavy (non-hydrogen) atoms. The Hall–Kier alpha value is -1.07. The molecule has 0 aromatic carbocycles. The number of aromatic nitrogens is 2. The highest BCUT2D eigenvalue weighted by molar-refractivity contribution is 6.32. The van der Waals surface area contributed by atoms with E-state index in [-0.39, 0.29) is 22.8 Å². The van der Waals surface area contributed by atoms with Crippen molar-refractivity contribution in [2.45, 2.75) is 26.1 Å². The molecule has 1 aromatic heterocycles. The van der Waals surface area contributed by atoms with Gasteiger partial charge in [0, 0.05) is 13.1 Å². The van der Waals surface area contributed by atoms with Crippen molar-refractivity contribution in [2.75, 3.05) is 18.0 Å². The maximum atomic E-state index is 11.3. The Morgan fingerprint density at radius 1 is 1.50 bits per heavy atom. The van der Waals surface area contributed by atoms with Crippen molar-refractivity contribution < 1.29 is 4.74 Å². The number of nitrogens with zero attached hydrogens (tertiary/aromatic N) is 2. The SMILES string of the molecule is CC1CN(c2cn[nH]c(=O)c2Cl)CC(C)O1. The summed E-state index contributed by atoms with van der Waals surface area (Å²) in [6, 6.07) is 0. The topological polar surface area (TPSA) is 58.2 Å². The minimum absolute atomic E-state index is 0.124. The van der Waals surface area contributed by atoms with Gasteiger partial charge in [-0.2, -0.15) is 5.10 Å². The van der Waals surface area contributed by atoms with Gasteiger partial charge >= 0.3 is 0 Å². The molecule has 0 radical (unpaired) electrons. The van der Waals surface area contributed by atoms with E-state index < -0.39 is 0 Å². The smallest absolute Gasteiger partial charge is 0.285 e. The van der Waals surface area contributed by atoms with Crippen LogP contribution in [0.15, 0.2) is 11.0 Å². The summed E-state index contributed by atoms with van der Waals surface area (Å²) in [5.41, 5.74) is 0.318. The van der Waals surface area contributed by atoms with Gasteiger partial charge in [0.25, 0.3) is 5.56 Å². The molecule has 1 N–H and O–H groups in total. The normalized spacial score (nSPS) is 25.8. The molecule has 2 heterocycles. The lowest BCUT2D eigenvalue weighted by Gasteiger charge is -2.36. The average Bonchev–Trinajstić information content (AvgIpc) is 2.20. The van der Waals surface area contributed by atoms with Crippen molar-refractivity contribution in [3.05, 3.63) is 21.6 Å². The first-order valence-corrected chi connectivity index (χ1v) is 5.59. The fourth-order valence-electron chi connectivity index (χ4n) is 1.97. The molecular formula is C10H14ClN3O2. The van der Waals surface area contributed by atoms with E-state index in [0.717, 1.165) is 13.1 Å². The highest BCUT2D eigenvalue weighted by Crippen LogP contribution is 2.24. The largest absolute Gasteiger partial charge is 0.372 e. The minimum atomic E-state index is -0.356. The van der Waals surface area contributed by atoms with Gasteiger partial charge in [0.15, 0.2) is 0 Å². The molecule has 1 fully saturated rings. The van der Waals surface area contributed by atoms with Gasteiger partial charge in [-0.25, -0.2) is 5.10 Å². The number of hydrogen-bond acceptors (Lipinski definition) is 4. The number of H-pyrrole nitrogens is 1. The van der Waals surface area contributed by atoms with Gasteiger partial charge in [-0.3, -0.25) is 4.79 Å². The first-order valence-electron chi connectivity index (χ1n) is 5.21. The van der Waals surface area contributed by atoms with E-state index in [0.29, 0.717) is 5.69 Å². The summed E-state index contributed by atoms with van der Waals surface area (Å²) in [5, 5.41) is 6.26. The van der Waals surface area contributed by atoms with Crippen molar-refractivity contribution in [1.82, 2.24) is 10.2 Å². The van der Waals surface area contributed by atoms with Crippen LogP contribution in [0.1, 0.15) is 13.8 Å². The van der Waals surface area contributed by atoms with Gasteiger partial charge in [-0.15, -0.1) is 0 Å². The third kappa shape index (κ3) is 2.20. The number of anilines is 1. The Bertz CT molecular complexity index is 424. The van der Waals surface area contributed by atoms with E-state index in [9.17, 15) is 4.79 Å². The lowest BCUT2D eigenvalue weighted by Crippen LogP contribution is -2.46. The maximum Gasteiger partial charge on any atom is 0.285 e. The van der Waals surface area contributed by atoms with Gasteiger partial charge in [-0.1, -0.05) is 11.6 Å². The van der Waals surface area contributed by atoms with Crippen molar-refractivity contribution in [1.29, 1.82) is 0 Å². The highest BCUT2D eigenvalue weighted by Gasteiger charge is 2.24. The molecular weight excluding hydrogens is 230 g/mol. The van der Waals surface area contributed by atoms with Crippen LogP contribution in [0.2, 0.25) is 5.02 Å². The second-order valence-corrected chi connectivity index (χ2v) is 4.44. The lowest BCUT2D eigenvalue weighted by atomic mass is 10.2. The van der Waals surface area contributed by atoms with Crippen LogP contribution in [0.5, 0.6) is 0 Å². The van der Waals surface area contributed by atoms with Crippen LogP contribution in [0.4, 0.5) is 5.69 Å². The van der Waals surface area contributed by atoms with Gasteiger partial charge in [0.05, 0.1) is 24.1 Å². The molecule has 1 aliphatic rings. The van der Waals surface area contributed by atoms with Crippen LogP contribution in [0.25, 0.3) is 0 Å². The number of morpholine rings is 1. The van der Waals surface area contributed by atoms with E-state index in [1.54, 1.807) is 6.20 Å². The van der Waals surface area contributed by atoms with Crippen molar-refractivity contribution in [3.63, 3.8) is 0 Å². The molecule has 2 rings (SSSR count). The standard InChI is InChI=1S/C10H14ClN3O2/c1-6-4-14(5-7(2)16-6)8-3-12-13-10(15)9(8)11/h3,6-7H,4-5H2,1-2H3,(H,13,15). The van der Waals surface area contributed by atoms with Crippen LogP contribution >= 0.6 is 11.6 Å². The summed E-state index contributed by atoms with van der Waals surface area (Å²) >= 11 is 5.96. The van der Waals surface area contributed by atoms with Gasteiger partial charge in [-0.05, 0) is 13.8 Å². The summed E-state index contributed by atoms with van der Waals surface area (Å²) < 4.78 is 5.62. The predicted molar refractivity (Wildman–Crippen MR) is 62.1 cm³/mol. The van der Waals surface area contributed by atoms with Crippen LogP contribution in [0, 0.1) is 0 Å². The number of aromatic amines is 1. The Kier molecular flexibility index (Phi) is 3.16. The molecule has 1 aromatic rings. The van der Waals surface area contributed by atoms with Crippen molar-refractivity contribution >= 4 is 17.3 Å². The first kappa shape index (κ1) is 11.4. The lowest BCUT2D eigenvalue weighted by molar-refractivity contribution is -0.00524. The molecule has 0 saturated carbocycles. The Balaban J connectivity index is 2.30. The number of hydrogen-bond donors (Lipinski definition) is 1. The van der Waals surface area contributed by atoms with Crippen LogP contribution in [-0.4, -0.2) is 35.5 Å². The Morgan fingerprint density at radius 2 is 2.12 bits per heavy atom. The molecule has 2 atom stereocenters. The molecule has 1 saturated heterocycles. The summed E-state index contributed by atoms with van der Waals surface area (Å²) in [4.78, 5) is 13.4. The Labute approximate surface area is 98.4 Å². The van der Waals surface area contributed by atoms with E-state index in [1.807, 2.05) is 18.7 Å². The number of ether oxygens (including phenoxy) is 1. The van der Waals surface area contributed by atoms with E-state index in [1.165, 1.54) is 0 Å². The van der Waals surface area contributed by atoms with E-state index >= 15 is 0 Å². The molecule has 0 spiro atoms. The van der Waals surface area contributed by atoms with Crippen molar-refractivity contribution in [3.8, 4) is 0 Å². The summed E-state index contributed by atoms with van der Waals surface area (Å²) in [7, 11) is 0. The monoisotopic (exact) mass is 243 g/mol. The molecule has 0 amide bonds. The number of nitrogens with one attached hydrogen (secondary N) is 1. The quantitative estimate of drug-likeness (QED) is 0.801. The van der Waals surface area contributed by atoms with Gasteiger partial charge < -0.3 is 9.64 Å². The zero-order valence-corrected chi connectivity index (χ0v) is 9.99.